The molecule has 5 N–H and O–H groups in total. The van der Waals surface area contributed by atoms with Crippen molar-refractivity contribution >= 4 is 47.3 Å². The van der Waals surface area contributed by atoms with Gasteiger partial charge in [0.05, 0.1) is 6.42 Å². The van der Waals surface area contributed by atoms with Crippen LogP contribution in [0.15, 0.2) is 46.8 Å². The molecule has 3 unspecified atom stereocenters. The first-order valence-electron chi connectivity index (χ1n) is 10.3. The summed E-state index contributed by atoms with van der Waals surface area (Å²) < 4.78 is 5.38. The van der Waals surface area contributed by atoms with Gasteiger partial charge >= 0.3 is 11.9 Å². The van der Waals surface area contributed by atoms with Crippen LogP contribution in [0.25, 0.3) is 0 Å². The van der Waals surface area contributed by atoms with Gasteiger partial charge in [-0.3, -0.25) is 19.3 Å². The molecule has 0 bridgehead atoms. The molecule has 190 valence electrons. The SMILES string of the molecule is COC1(NC(=O)C(O)c2ccccc2)C(=O)N2C(C(=O)O)=C(C(CC(=O)O)Sc3nn[nH]n3)CS[C@H]21. The Hall–Kier alpha value is -3.47. The first-order chi connectivity index (χ1) is 17.2. The summed E-state index contributed by atoms with van der Waals surface area (Å²) in [4.78, 5) is 50.8. The number of carbonyl (C=O) groups excluding carboxylic acids is 2. The molecule has 36 heavy (non-hydrogen) atoms. The van der Waals surface area contributed by atoms with Crippen LogP contribution in [0.2, 0.25) is 0 Å². The van der Waals surface area contributed by atoms with Gasteiger partial charge in [-0.05, 0) is 16.3 Å². The molecule has 14 nitrogen and oxygen atoms in total. The van der Waals surface area contributed by atoms with Crippen LogP contribution in [0.1, 0.15) is 18.1 Å². The zero-order valence-electron chi connectivity index (χ0n) is 18.5. The number of methoxy groups -OCH3 is 1. The number of ether oxygens (including phenoxy) is 1. The lowest BCUT2D eigenvalue weighted by Crippen LogP contribution is -2.81. The summed E-state index contributed by atoms with van der Waals surface area (Å²) in [6, 6.07) is 8.06. The molecule has 1 aromatic carbocycles. The van der Waals surface area contributed by atoms with Crippen molar-refractivity contribution in [2.45, 2.75) is 34.0 Å². The number of H-pyrrole nitrogens is 1. The maximum absolute atomic E-state index is 13.3. The van der Waals surface area contributed by atoms with Crippen molar-refractivity contribution in [3.05, 3.63) is 47.2 Å². The lowest BCUT2D eigenvalue weighted by molar-refractivity contribution is -0.194. The molecular weight excluding hydrogens is 516 g/mol. The van der Waals surface area contributed by atoms with Crippen molar-refractivity contribution in [3.8, 4) is 0 Å². The maximum Gasteiger partial charge on any atom is 0.352 e. The van der Waals surface area contributed by atoms with Crippen molar-refractivity contribution < 1.29 is 39.2 Å². The smallest absolute Gasteiger partial charge is 0.352 e. The molecule has 0 spiro atoms. The van der Waals surface area contributed by atoms with Crippen LogP contribution in [0.5, 0.6) is 0 Å². The van der Waals surface area contributed by atoms with E-state index in [-0.39, 0.29) is 16.5 Å². The Morgan fingerprint density at radius 3 is 2.64 bits per heavy atom. The molecule has 2 aliphatic rings. The Balaban J connectivity index is 1.63. The van der Waals surface area contributed by atoms with E-state index in [4.69, 9.17) is 4.74 Å². The second-order valence-corrected chi connectivity index (χ2v) is 9.90. The molecule has 2 aliphatic heterocycles. The summed E-state index contributed by atoms with van der Waals surface area (Å²) >= 11 is 1.98. The number of carbonyl (C=O) groups is 4. The van der Waals surface area contributed by atoms with Gasteiger partial charge in [0.1, 0.15) is 11.1 Å². The fourth-order valence-electron chi connectivity index (χ4n) is 3.91. The van der Waals surface area contributed by atoms with E-state index >= 15 is 0 Å². The average Bonchev–Trinajstić information content (AvgIpc) is 3.38. The second-order valence-electron chi connectivity index (χ2n) is 7.66. The number of hydrogen-bond acceptors (Lipinski definition) is 11. The van der Waals surface area contributed by atoms with Gasteiger partial charge in [0.25, 0.3) is 17.5 Å². The minimum atomic E-state index is -1.92. The minimum Gasteiger partial charge on any atom is -0.481 e. The lowest BCUT2D eigenvalue weighted by Gasteiger charge is -2.56. The quantitative estimate of drug-likeness (QED) is 0.149. The number of fused-ring (bicyclic) bond motifs is 1. The normalized spacial score (nSPS) is 22.9. The summed E-state index contributed by atoms with van der Waals surface area (Å²) in [5.74, 6) is -4.40. The number of thioether (sulfide) groups is 2. The van der Waals surface area contributed by atoms with Crippen LogP contribution < -0.4 is 5.32 Å². The Kier molecular flexibility index (Phi) is 7.30. The van der Waals surface area contributed by atoms with Gasteiger partial charge in [0.2, 0.25) is 5.16 Å². The van der Waals surface area contributed by atoms with Gasteiger partial charge in [-0.15, -0.1) is 22.0 Å². The number of amides is 2. The van der Waals surface area contributed by atoms with Crippen molar-refractivity contribution in [1.82, 2.24) is 30.8 Å². The predicted octanol–water partition coefficient (Wildman–Crippen LogP) is -0.419. The highest BCUT2D eigenvalue weighted by Crippen LogP contribution is 2.49. The number of hydrogen-bond donors (Lipinski definition) is 5. The number of aliphatic hydroxyl groups is 1. The van der Waals surface area contributed by atoms with Crippen molar-refractivity contribution in [2.24, 2.45) is 0 Å². The van der Waals surface area contributed by atoms with Crippen LogP contribution in [0.4, 0.5) is 0 Å². The number of benzene rings is 1. The highest BCUT2D eigenvalue weighted by Gasteiger charge is 2.67. The molecule has 4 atom stereocenters. The van der Waals surface area contributed by atoms with E-state index in [1.54, 1.807) is 18.2 Å². The number of aromatic nitrogens is 4. The molecule has 1 saturated heterocycles. The van der Waals surface area contributed by atoms with E-state index in [1.165, 1.54) is 19.2 Å². The fraction of sp³-hybridized carbons (Fsp3) is 0.350. The lowest BCUT2D eigenvalue weighted by atomic mass is 9.96. The highest BCUT2D eigenvalue weighted by atomic mass is 32.2. The van der Waals surface area contributed by atoms with Gasteiger partial charge in [0.15, 0.2) is 6.10 Å². The summed E-state index contributed by atoms with van der Waals surface area (Å²) in [7, 11) is 1.18. The molecule has 2 amide bonds. The van der Waals surface area contributed by atoms with Crippen LogP contribution >= 0.6 is 23.5 Å². The summed E-state index contributed by atoms with van der Waals surface area (Å²) in [6.07, 6.45) is -2.06. The number of aliphatic hydroxyl groups excluding tert-OH is 1. The summed E-state index contributed by atoms with van der Waals surface area (Å²) in [5.41, 5.74) is -1.86. The number of carboxylic acid groups (broad SMARTS) is 2. The molecule has 0 saturated carbocycles. The van der Waals surface area contributed by atoms with E-state index in [2.05, 4.69) is 25.9 Å². The van der Waals surface area contributed by atoms with E-state index in [0.29, 0.717) is 5.56 Å². The molecule has 2 aromatic rings. The molecule has 1 aromatic heterocycles. The minimum absolute atomic E-state index is 0.0150. The van der Waals surface area contributed by atoms with Crippen molar-refractivity contribution in [3.63, 3.8) is 0 Å². The number of nitrogens with one attached hydrogen (secondary N) is 2. The Bertz CT molecular complexity index is 1210. The number of aliphatic carboxylic acids is 2. The third-order valence-electron chi connectivity index (χ3n) is 5.58. The van der Waals surface area contributed by atoms with Crippen LogP contribution in [-0.4, -0.2) is 93.8 Å². The van der Waals surface area contributed by atoms with Crippen LogP contribution in [-0.2, 0) is 23.9 Å². The van der Waals surface area contributed by atoms with Gasteiger partial charge in [-0.1, -0.05) is 42.1 Å². The Morgan fingerprint density at radius 1 is 1.33 bits per heavy atom. The number of rotatable bonds is 10. The third kappa shape index (κ3) is 4.55. The van der Waals surface area contributed by atoms with Gasteiger partial charge in [-0.25, -0.2) is 4.79 Å². The first kappa shape index (κ1) is 25.6. The third-order valence-corrected chi connectivity index (χ3v) is 8.04. The zero-order valence-corrected chi connectivity index (χ0v) is 20.2. The Morgan fingerprint density at radius 2 is 2.06 bits per heavy atom. The van der Waals surface area contributed by atoms with E-state index in [1.807, 2.05) is 0 Å². The summed E-state index contributed by atoms with van der Waals surface area (Å²) in [6.45, 7) is 0. The van der Waals surface area contributed by atoms with Crippen LogP contribution in [0, 0.1) is 0 Å². The van der Waals surface area contributed by atoms with E-state index < -0.39 is 58.3 Å². The molecular formula is C20H20N6O8S2. The van der Waals surface area contributed by atoms with Gasteiger partial charge < -0.3 is 25.4 Å². The topological polar surface area (TPSA) is 208 Å². The van der Waals surface area contributed by atoms with Gasteiger partial charge in [0, 0.05) is 18.1 Å². The standard InChI is InChI=1S/C20H20N6O8S2/c1-34-20(21-15(30)14(29)9-5-3-2-4-6-9)17(33)26-13(16(31)32)10(8-35-18(20)26)11(7-12(27)28)36-19-22-24-25-23-19/h2-6,11,14,18,29H,7-8H2,1H3,(H,21,30)(H,27,28)(H,31,32)(H,22,23,24,25)/t11?,14?,18-,20?/m0/s1. The monoisotopic (exact) mass is 536 g/mol. The second kappa shape index (κ2) is 10.3. The van der Waals surface area contributed by atoms with E-state index in [0.717, 1.165) is 28.4 Å². The average molecular weight is 537 g/mol. The number of carboxylic acids is 2. The number of β-lactam (4-membered cyclic amide) rings is 1. The van der Waals surface area contributed by atoms with Crippen molar-refractivity contribution in [2.75, 3.05) is 12.9 Å². The fourth-order valence-corrected chi connectivity index (χ4v) is 6.53. The molecule has 0 radical (unpaired) electrons. The van der Waals surface area contributed by atoms with Gasteiger partial charge in [-0.2, -0.15) is 5.21 Å². The molecule has 0 aliphatic carbocycles. The number of tetrazole rings is 1. The molecule has 4 rings (SSSR count). The number of aromatic amines is 1. The molecule has 1 fully saturated rings. The Labute approximate surface area is 211 Å². The summed E-state index contributed by atoms with van der Waals surface area (Å²) in [5, 5.41) is 43.7. The largest absolute Gasteiger partial charge is 0.481 e. The maximum atomic E-state index is 13.3. The first-order valence-corrected chi connectivity index (χ1v) is 12.3. The molecule has 16 heteroatoms. The highest BCUT2D eigenvalue weighted by molar-refractivity contribution is 8.01. The van der Waals surface area contributed by atoms with Crippen molar-refractivity contribution in [1.29, 1.82) is 0 Å². The number of nitrogens with zero attached hydrogens (tertiary/aromatic N) is 4. The predicted molar refractivity (Wildman–Crippen MR) is 123 cm³/mol. The van der Waals surface area contributed by atoms with Crippen LogP contribution in [0.3, 0.4) is 0 Å². The molecule has 3 heterocycles. The van der Waals surface area contributed by atoms with E-state index in [9.17, 15) is 34.5 Å². The zero-order chi connectivity index (χ0) is 26.0.